The summed E-state index contributed by atoms with van der Waals surface area (Å²) < 4.78 is 11.7. The van der Waals surface area contributed by atoms with E-state index in [4.69, 9.17) is 9.47 Å². The van der Waals surface area contributed by atoms with Crippen LogP contribution in [0.15, 0.2) is 84.6 Å². The van der Waals surface area contributed by atoms with Gasteiger partial charge in [-0.1, -0.05) is 18.2 Å². The van der Waals surface area contributed by atoms with Crippen molar-refractivity contribution in [3.05, 3.63) is 84.6 Å². The molecule has 2 aromatic carbocycles. The molecule has 0 amide bonds. The Kier molecular flexibility index (Phi) is 5.34. The molecule has 0 unspecified atom stereocenters. The summed E-state index contributed by atoms with van der Waals surface area (Å²) in [6.45, 7) is 0.686. The molecule has 0 spiro atoms. The van der Waals surface area contributed by atoms with E-state index in [0.717, 1.165) is 47.8 Å². The van der Waals surface area contributed by atoms with Crippen molar-refractivity contribution in [3.8, 4) is 28.5 Å². The van der Waals surface area contributed by atoms with Crippen molar-refractivity contribution in [1.82, 2.24) is 10.2 Å². The minimum atomic E-state index is 0.686. The van der Waals surface area contributed by atoms with Crippen LogP contribution in [0, 0.1) is 0 Å². The van der Waals surface area contributed by atoms with Gasteiger partial charge in [-0.25, -0.2) is 0 Å². The molecule has 0 atom stereocenters. The molecule has 4 heteroatoms. The summed E-state index contributed by atoms with van der Waals surface area (Å²) >= 11 is 0. The quantitative estimate of drug-likeness (QED) is 0.571. The van der Waals surface area contributed by atoms with Gasteiger partial charge in [0.05, 0.1) is 12.3 Å². The topological polar surface area (TPSA) is 47.1 Å². The molecule has 0 aliphatic heterocycles. The SMILES string of the molecule is C1=CC(CCOc2ccc(Oc3ccc(-c4ccn[nH]4)cc3)cc2)=CCC1. The van der Waals surface area contributed by atoms with Crippen LogP contribution >= 0.6 is 0 Å². The number of nitrogens with zero attached hydrogens (tertiary/aromatic N) is 1. The van der Waals surface area contributed by atoms with Crippen LogP contribution in [0.1, 0.15) is 19.3 Å². The van der Waals surface area contributed by atoms with Gasteiger partial charge >= 0.3 is 0 Å². The maximum absolute atomic E-state index is 5.91. The van der Waals surface area contributed by atoms with Crippen LogP contribution in [0.25, 0.3) is 11.3 Å². The van der Waals surface area contributed by atoms with E-state index in [0.29, 0.717) is 6.61 Å². The highest BCUT2D eigenvalue weighted by Crippen LogP contribution is 2.26. The highest BCUT2D eigenvalue weighted by Gasteiger charge is 2.03. The van der Waals surface area contributed by atoms with E-state index in [-0.39, 0.29) is 0 Å². The minimum Gasteiger partial charge on any atom is -0.493 e. The number of hydrogen-bond donors (Lipinski definition) is 1. The Morgan fingerprint density at radius 2 is 1.59 bits per heavy atom. The third kappa shape index (κ3) is 4.67. The van der Waals surface area contributed by atoms with Crippen LogP contribution in [-0.4, -0.2) is 16.8 Å². The summed E-state index contributed by atoms with van der Waals surface area (Å²) in [4.78, 5) is 0. The second kappa shape index (κ2) is 8.41. The molecule has 0 bridgehead atoms. The molecular formula is C23H22N2O2. The first-order valence-corrected chi connectivity index (χ1v) is 9.23. The zero-order valence-corrected chi connectivity index (χ0v) is 15.1. The van der Waals surface area contributed by atoms with Gasteiger partial charge in [-0.2, -0.15) is 5.10 Å². The van der Waals surface area contributed by atoms with Crippen molar-refractivity contribution in [2.24, 2.45) is 0 Å². The number of aromatic nitrogens is 2. The number of allylic oxidation sites excluding steroid dienone is 3. The van der Waals surface area contributed by atoms with E-state index in [9.17, 15) is 0 Å². The Hall–Kier alpha value is -3.27. The lowest BCUT2D eigenvalue weighted by Crippen LogP contribution is -1.99. The Morgan fingerprint density at radius 3 is 2.26 bits per heavy atom. The molecule has 0 radical (unpaired) electrons. The molecule has 1 aliphatic carbocycles. The van der Waals surface area contributed by atoms with Gasteiger partial charge in [-0.15, -0.1) is 0 Å². The highest BCUT2D eigenvalue weighted by molar-refractivity contribution is 5.59. The number of nitrogens with one attached hydrogen (secondary N) is 1. The van der Waals surface area contributed by atoms with Gasteiger partial charge in [-0.3, -0.25) is 5.10 Å². The number of benzene rings is 2. The Balaban J connectivity index is 1.30. The molecule has 0 saturated heterocycles. The first-order valence-electron chi connectivity index (χ1n) is 9.23. The summed E-state index contributed by atoms with van der Waals surface area (Å²) in [6, 6.07) is 17.6. The van der Waals surface area contributed by atoms with Gasteiger partial charge in [-0.05, 0) is 78.6 Å². The zero-order valence-electron chi connectivity index (χ0n) is 15.1. The lowest BCUT2D eigenvalue weighted by molar-refractivity contribution is 0.322. The van der Waals surface area contributed by atoms with Crippen molar-refractivity contribution < 1.29 is 9.47 Å². The number of H-pyrrole nitrogens is 1. The van der Waals surface area contributed by atoms with E-state index in [1.54, 1.807) is 6.20 Å². The molecule has 4 nitrogen and oxygen atoms in total. The van der Waals surface area contributed by atoms with Gasteiger partial charge in [0.25, 0.3) is 0 Å². The fraction of sp³-hybridized carbons (Fsp3) is 0.174. The second-order valence-corrected chi connectivity index (χ2v) is 6.43. The third-order valence-corrected chi connectivity index (χ3v) is 4.46. The predicted octanol–water partition coefficient (Wildman–Crippen LogP) is 5.91. The minimum absolute atomic E-state index is 0.686. The first kappa shape index (κ1) is 17.2. The molecule has 1 N–H and O–H groups in total. The third-order valence-electron chi connectivity index (χ3n) is 4.46. The summed E-state index contributed by atoms with van der Waals surface area (Å²) in [7, 11) is 0. The molecule has 3 aromatic rings. The number of rotatable bonds is 7. The van der Waals surface area contributed by atoms with Gasteiger partial charge in [0, 0.05) is 12.6 Å². The molecule has 0 saturated carbocycles. The normalized spacial score (nSPS) is 13.3. The zero-order chi connectivity index (χ0) is 18.3. The van der Waals surface area contributed by atoms with Crippen molar-refractivity contribution in [2.75, 3.05) is 6.61 Å². The molecule has 4 rings (SSSR count). The Labute approximate surface area is 159 Å². The maximum atomic E-state index is 5.91. The Morgan fingerprint density at radius 1 is 0.852 bits per heavy atom. The van der Waals surface area contributed by atoms with Gasteiger partial charge in [0.15, 0.2) is 0 Å². The van der Waals surface area contributed by atoms with E-state index >= 15 is 0 Å². The Bertz CT molecular complexity index is 908. The van der Waals surface area contributed by atoms with Crippen molar-refractivity contribution in [1.29, 1.82) is 0 Å². The van der Waals surface area contributed by atoms with Gasteiger partial charge in [0.2, 0.25) is 0 Å². The molecule has 1 heterocycles. The summed E-state index contributed by atoms with van der Waals surface area (Å²) in [6.07, 6.45) is 11.7. The largest absolute Gasteiger partial charge is 0.493 e. The van der Waals surface area contributed by atoms with Crippen LogP contribution < -0.4 is 9.47 Å². The van der Waals surface area contributed by atoms with E-state index < -0.39 is 0 Å². The smallest absolute Gasteiger partial charge is 0.127 e. The highest BCUT2D eigenvalue weighted by atomic mass is 16.5. The van der Waals surface area contributed by atoms with Crippen molar-refractivity contribution in [2.45, 2.75) is 19.3 Å². The van der Waals surface area contributed by atoms with Gasteiger partial charge < -0.3 is 9.47 Å². The number of ether oxygens (including phenoxy) is 2. The maximum Gasteiger partial charge on any atom is 0.127 e. The average molecular weight is 358 g/mol. The van der Waals surface area contributed by atoms with Crippen LogP contribution in [0.5, 0.6) is 17.2 Å². The molecule has 27 heavy (non-hydrogen) atoms. The second-order valence-electron chi connectivity index (χ2n) is 6.43. The number of hydrogen-bond acceptors (Lipinski definition) is 3. The summed E-state index contributed by atoms with van der Waals surface area (Å²) in [5.41, 5.74) is 3.42. The van der Waals surface area contributed by atoms with E-state index in [2.05, 4.69) is 28.4 Å². The lowest BCUT2D eigenvalue weighted by Gasteiger charge is -2.10. The van der Waals surface area contributed by atoms with E-state index in [1.807, 2.05) is 54.6 Å². The molecule has 136 valence electrons. The van der Waals surface area contributed by atoms with Crippen molar-refractivity contribution >= 4 is 0 Å². The fourth-order valence-electron chi connectivity index (χ4n) is 3.00. The lowest BCUT2D eigenvalue weighted by atomic mass is 10.1. The van der Waals surface area contributed by atoms with Gasteiger partial charge in [0.1, 0.15) is 17.2 Å². The summed E-state index contributed by atoms with van der Waals surface area (Å²) in [5.74, 6) is 2.44. The van der Waals surface area contributed by atoms with Crippen LogP contribution in [-0.2, 0) is 0 Å². The molecule has 0 fully saturated rings. The molecule has 1 aromatic heterocycles. The molecule has 1 aliphatic rings. The van der Waals surface area contributed by atoms with Crippen LogP contribution in [0.3, 0.4) is 0 Å². The predicted molar refractivity (Wildman–Crippen MR) is 107 cm³/mol. The fourth-order valence-corrected chi connectivity index (χ4v) is 3.00. The van der Waals surface area contributed by atoms with E-state index in [1.165, 1.54) is 5.57 Å². The van der Waals surface area contributed by atoms with Crippen molar-refractivity contribution in [3.63, 3.8) is 0 Å². The van der Waals surface area contributed by atoms with Crippen LogP contribution in [0.2, 0.25) is 0 Å². The first-order chi connectivity index (χ1) is 13.4. The van der Waals surface area contributed by atoms with Crippen LogP contribution in [0.4, 0.5) is 0 Å². The summed E-state index contributed by atoms with van der Waals surface area (Å²) in [5, 5.41) is 6.92. The number of aromatic amines is 1. The average Bonchev–Trinajstić information content (AvgIpc) is 3.26. The molecular weight excluding hydrogens is 336 g/mol. The monoisotopic (exact) mass is 358 g/mol. The standard InChI is InChI=1S/C23H22N2O2/c1-2-4-18(5-3-1)15-17-26-20-10-12-22(13-11-20)27-21-8-6-19(7-9-21)23-14-16-24-25-23/h2,4-14,16H,1,3,15,17H2,(H,24,25).